The molecule has 15 heavy (non-hydrogen) atoms. The Morgan fingerprint density at radius 1 is 1.47 bits per heavy atom. The summed E-state index contributed by atoms with van der Waals surface area (Å²) in [6.45, 7) is 5.60. The van der Waals surface area contributed by atoms with Gasteiger partial charge in [-0.25, -0.2) is 0 Å². The SMILES string of the molecule is CCC1CN(c2ccccc2I)CCN1. The van der Waals surface area contributed by atoms with Crippen LogP contribution in [0, 0.1) is 3.57 Å². The lowest BCUT2D eigenvalue weighted by molar-refractivity contribution is 0.446. The topological polar surface area (TPSA) is 15.3 Å². The molecular formula is C12H17IN2. The van der Waals surface area contributed by atoms with E-state index in [-0.39, 0.29) is 0 Å². The third-order valence-corrected chi connectivity index (χ3v) is 3.85. The van der Waals surface area contributed by atoms with Crippen LogP contribution >= 0.6 is 22.6 Å². The maximum Gasteiger partial charge on any atom is 0.0502 e. The second-order valence-electron chi connectivity index (χ2n) is 3.96. The Morgan fingerprint density at radius 3 is 3.00 bits per heavy atom. The van der Waals surface area contributed by atoms with Crippen molar-refractivity contribution >= 4 is 28.3 Å². The van der Waals surface area contributed by atoms with Gasteiger partial charge in [0, 0.05) is 29.2 Å². The molecule has 0 spiro atoms. The molecule has 0 aromatic heterocycles. The molecule has 1 fully saturated rings. The van der Waals surface area contributed by atoms with Gasteiger partial charge in [-0.2, -0.15) is 0 Å². The second-order valence-corrected chi connectivity index (χ2v) is 5.12. The summed E-state index contributed by atoms with van der Waals surface area (Å²) < 4.78 is 1.35. The summed E-state index contributed by atoms with van der Waals surface area (Å²) >= 11 is 2.42. The lowest BCUT2D eigenvalue weighted by Gasteiger charge is -2.35. The highest BCUT2D eigenvalue weighted by Gasteiger charge is 2.18. The van der Waals surface area contributed by atoms with Crippen LogP contribution in [0.5, 0.6) is 0 Å². The fraction of sp³-hybridized carbons (Fsp3) is 0.500. The Kier molecular flexibility index (Phi) is 3.86. The van der Waals surface area contributed by atoms with E-state index in [1.807, 2.05) is 0 Å². The van der Waals surface area contributed by atoms with Crippen LogP contribution in [0.15, 0.2) is 24.3 Å². The van der Waals surface area contributed by atoms with Crippen LogP contribution in [0.3, 0.4) is 0 Å². The van der Waals surface area contributed by atoms with Crippen LogP contribution in [0.25, 0.3) is 0 Å². The summed E-state index contributed by atoms with van der Waals surface area (Å²) in [6.07, 6.45) is 1.21. The van der Waals surface area contributed by atoms with Crippen molar-refractivity contribution in [2.24, 2.45) is 0 Å². The normalized spacial score (nSPS) is 21.7. The maximum atomic E-state index is 3.54. The van der Waals surface area contributed by atoms with E-state index in [0.717, 1.165) is 19.6 Å². The summed E-state index contributed by atoms with van der Waals surface area (Å²) in [7, 11) is 0. The molecule has 1 saturated heterocycles. The predicted octanol–water partition coefficient (Wildman–Crippen LogP) is 2.48. The molecule has 2 nitrogen and oxygen atoms in total. The molecule has 1 aliphatic rings. The Morgan fingerprint density at radius 2 is 2.27 bits per heavy atom. The number of nitrogens with zero attached hydrogens (tertiary/aromatic N) is 1. The van der Waals surface area contributed by atoms with Gasteiger partial charge in [0.15, 0.2) is 0 Å². The lowest BCUT2D eigenvalue weighted by Crippen LogP contribution is -2.50. The first-order chi connectivity index (χ1) is 7.31. The highest BCUT2D eigenvalue weighted by atomic mass is 127. The molecule has 1 aromatic rings. The molecule has 1 heterocycles. The summed E-state index contributed by atoms with van der Waals surface area (Å²) in [4.78, 5) is 2.49. The van der Waals surface area contributed by atoms with Crippen molar-refractivity contribution in [3.8, 4) is 0 Å². The van der Waals surface area contributed by atoms with E-state index in [0.29, 0.717) is 6.04 Å². The van der Waals surface area contributed by atoms with Crippen LogP contribution in [0.4, 0.5) is 5.69 Å². The van der Waals surface area contributed by atoms with Crippen molar-refractivity contribution in [1.82, 2.24) is 5.32 Å². The molecule has 0 amide bonds. The quantitative estimate of drug-likeness (QED) is 0.844. The van der Waals surface area contributed by atoms with Gasteiger partial charge < -0.3 is 10.2 Å². The molecule has 3 heteroatoms. The summed E-state index contributed by atoms with van der Waals surface area (Å²) in [6, 6.07) is 9.28. The number of para-hydroxylation sites is 1. The minimum Gasteiger partial charge on any atom is -0.368 e. The molecule has 1 aliphatic heterocycles. The third-order valence-electron chi connectivity index (χ3n) is 2.94. The van der Waals surface area contributed by atoms with Gasteiger partial charge in [-0.1, -0.05) is 19.1 Å². The summed E-state index contributed by atoms with van der Waals surface area (Å²) in [5, 5.41) is 3.54. The van der Waals surface area contributed by atoms with Gasteiger partial charge in [-0.15, -0.1) is 0 Å². The van der Waals surface area contributed by atoms with Crippen LogP contribution in [0.2, 0.25) is 0 Å². The first-order valence-corrected chi connectivity index (χ1v) is 6.62. The maximum absolute atomic E-state index is 3.54. The van der Waals surface area contributed by atoms with Gasteiger partial charge in [0.2, 0.25) is 0 Å². The van der Waals surface area contributed by atoms with Crippen LogP contribution < -0.4 is 10.2 Å². The minimum absolute atomic E-state index is 0.648. The molecule has 0 radical (unpaired) electrons. The minimum atomic E-state index is 0.648. The van der Waals surface area contributed by atoms with E-state index in [2.05, 4.69) is 64.0 Å². The predicted molar refractivity (Wildman–Crippen MR) is 73.5 cm³/mol. The smallest absolute Gasteiger partial charge is 0.0502 e. The van der Waals surface area contributed by atoms with E-state index < -0.39 is 0 Å². The number of hydrogen-bond donors (Lipinski definition) is 1. The molecule has 1 aromatic carbocycles. The van der Waals surface area contributed by atoms with Gasteiger partial charge in [0.05, 0.1) is 5.69 Å². The van der Waals surface area contributed by atoms with Gasteiger partial charge in [0.1, 0.15) is 0 Å². The summed E-state index contributed by atoms with van der Waals surface area (Å²) in [5.74, 6) is 0. The third kappa shape index (κ3) is 2.64. The van der Waals surface area contributed by atoms with E-state index in [9.17, 15) is 0 Å². The van der Waals surface area contributed by atoms with Gasteiger partial charge >= 0.3 is 0 Å². The van der Waals surface area contributed by atoms with Crippen molar-refractivity contribution < 1.29 is 0 Å². The molecular weight excluding hydrogens is 299 g/mol. The summed E-state index contributed by atoms with van der Waals surface area (Å²) in [5.41, 5.74) is 1.39. The molecule has 1 atom stereocenters. The van der Waals surface area contributed by atoms with Crippen molar-refractivity contribution in [2.45, 2.75) is 19.4 Å². The number of hydrogen-bond acceptors (Lipinski definition) is 2. The standard InChI is InChI=1S/C12H17IN2/c1-2-10-9-15(8-7-14-10)12-6-4-3-5-11(12)13/h3-6,10,14H,2,7-9H2,1H3. The van der Waals surface area contributed by atoms with Gasteiger partial charge in [0.25, 0.3) is 0 Å². The first-order valence-electron chi connectivity index (χ1n) is 5.54. The average molecular weight is 316 g/mol. The monoisotopic (exact) mass is 316 g/mol. The molecule has 0 aliphatic carbocycles. The molecule has 82 valence electrons. The number of anilines is 1. The van der Waals surface area contributed by atoms with Gasteiger partial charge in [-0.05, 0) is 41.1 Å². The Labute approximate surface area is 105 Å². The van der Waals surface area contributed by atoms with Gasteiger partial charge in [-0.3, -0.25) is 0 Å². The van der Waals surface area contributed by atoms with Crippen LogP contribution in [0.1, 0.15) is 13.3 Å². The zero-order valence-electron chi connectivity index (χ0n) is 9.04. The highest BCUT2D eigenvalue weighted by Crippen LogP contribution is 2.23. The van der Waals surface area contributed by atoms with Crippen molar-refractivity contribution in [1.29, 1.82) is 0 Å². The number of benzene rings is 1. The highest BCUT2D eigenvalue weighted by molar-refractivity contribution is 14.1. The number of piperazine rings is 1. The zero-order chi connectivity index (χ0) is 10.7. The molecule has 0 saturated carbocycles. The molecule has 2 rings (SSSR count). The van der Waals surface area contributed by atoms with Crippen LogP contribution in [-0.2, 0) is 0 Å². The molecule has 1 unspecified atom stereocenters. The zero-order valence-corrected chi connectivity index (χ0v) is 11.2. The number of halogens is 1. The molecule has 1 N–H and O–H groups in total. The van der Waals surface area contributed by atoms with Crippen molar-refractivity contribution in [3.63, 3.8) is 0 Å². The fourth-order valence-electron chi connectivity index (χ4n) is 2.03. The Hall–Kier alpha value is -0.290. The fourth-order valence-corrected chi connectivity index (χ4v) is 2.75. The van der Waals surface area contributed by atoms with E-state index in [4.69, 9.17) is 0 Å². The number of nitrogens with one attached hydrogen (secondary N) is 1. The molecule has 0 bridgehead atoms. The Balaban J connectivity index is 2.13. The largest absolute Gasteiger partial charge is 0.368 e. The number of rotatable bonds is 2. The van der Waals surface area contributed by atoms with E-state index >= 15 is 0 Å². The average Bonchev–Trinajstić information content (AvgIpc) is 2.30. The van der Waals surface area contributed by atoms with Crippen molar-refractivity contribution in [2.75, 3.05) is 24.5 Å². The van der Waals surface area contributed by atoms with Crippen molar-refractivity contribution in [3.05, 3.63) is 27.8 Å². The second kappa shape index (κ2) is 5.16. The van der Waals surface area contributed by atoms with E-state index in [1.165, 1.54) is 15.7 Å². The lowest BCUT2D eigenvalue weighted by atomic mass is 10.1. The Bertz CT molecular complexity index is 327. The van der Waals surface area contributed by atoms with E-state index in [1.54, 1.807) is 0 Å². The van der Waals surface area contributed by atoms with Crippen LogP contribution in [-0.4, -0.2) is 25.7 Å². The first kappa shape index (κ1) is 11.2.